The van der Waals surface area contributed by atoms with E-state index in [-0.39, 0.29) is 11.0 Å². The predicted molar refractivity (Wildman–Crippen MR) is 101 cm³/mol. The maximum Gasteiger partial charge on any atom is 0.261 e. The molecule has 122 valence electrons. The van der Waals surface area contributed by atoms with Gasteiger partial charge in [-0.1, -0.05) is 48.0 Å². The first kappa shape index (κ1) is 15.4. The standard InChI is InChI=1S/C20H13ClN2O2/c21-13-8-9-15-18(10-13)22-11-16(19(15)24)20(25)23-17-7-3-5-12-4-1-2-6-14(12)17/h1-11H,(H,22,24)(H,23,25). The van der Waals surface area contributed by atoms with Crippen molar-refractivity contribution < 1.29 is 4.79 Å². The molecule has 0 aliphatic rings. The zero-order valence-electron chi connectivity index (χ0n) is 13.0. The van der Waals surface area contributed by atoms with Gasteiger partial charge in [-0.05, 0) is 29.7 Å². The molecule has 0 fully saturated rings. The summed E-state index contributed by atoms with van der Waals surface area (Å²) < 4.78 is 0. The van der Waals surface area contributed by atoms with Gasteiger partial charge in [0.2, 0.25) is 5.43 Å². The van der Waals surface area contributed by atoms with Crippen molar-refractivity contribution in [3.8, 4) is 0 Å². The van der Waals surface area contributed by atoms with Crippen molar-refractivity contribution in [2.45, 2.75) is 0 Å². The lowest BCUT2D eigenvalue weighted by molar-refractivity contribution is 0.102. The maximum absolute atomic E-state index is 12.6. The molecule has 0 aliphatic carbocycles. The number of fused-ring (bicyclic) bond motifs is 2. The smallest absolute Gasteiger partial charge is 0.261 e. The zero-order valence-corrected chi connectivity index (χ0v) is 13.8. The molecule has 1 aromatic heterocycles. The van der Waals surface area contributed by atoms with Crippen LogP contribution in [-0.2, 0) is 0 Å². The summed E-state index contributed by atoms with van der Waals surface area (Å²) in [7, 11) is 0. The first-order chi connectivity index (χ1) is 12.1. The van der Waals surface area contributed by atoms with Gasteiger partial charge < -0.3 is 10.3 Å². The molecule has 0 saturated carbocycles. The summed E-state index contributed by atoms with van der Waals surface area (Å²) in [6.45, 7) is 0. The molecule has 0 aliphatic heterocycles. The van der Waals surface area contributed by atoms with Crippen LogP contribution in [0, 0.1) is 0 Å². The Labute approximate surface area is 148 Å². The average molecular weight is 349 g/mol. The fraction of sp³-hybridized carbons (Fsp3) is 0. The van der Waals surface area contributed by atoms with Crippen LogP contribution >= 0.6 is 11.6 Å². The maximum atomic E-state index is 12.6. The lowest BCUT2D eigenvalue weighted by atomic mass is 10.1. The first-order valence-electron chi connectivity index (χ1n) is 7.73. The highest BCUT2D eigenvalue weighted by Crippen LogP contribution is 2.23. The average Bonchev–Trinajstić information content (AvgIpc) is 2.62. The van der Waals surface area contributed by atoms with Gasteiger partial charge >= 0.3 is 0 Å². The number of amides is 1. The molecule has 4 rings (SSSR count). The Bertz CT molecular complexity index is 1180. The molecule has 3 aromatic carbocycles. The summed E-state index contributed by atoms with van der Waals surface area (Å²) in [6, 6.07) is 18.3. The van der Waals surface area contributed by atoms with Crippen molar-refractivity contribution in [2.75, 3.05) is 5.32 Å². The molecular weight excluding hydrogens is 336 g/mol. The van der Waals surface area contributed by atoms with Crippen LogP contribution in [0.4, 0.5) is 5.69 Å². The molecule has 0 atom stereocenters. The third-order valence-electron chi connectivity index (χ3n) is 4.13. The minimum atomic E-state index is -0.450. The van der Waals surface area contributed by atoms with E-state index in [4.69, 9.17) is 11.6 Å². The number of aromatic amines is 1. The number of halogens is 1. The molecule has 4 nitrogen and oxygen atoms in total. The highest BCUT2D eigenvalue weighted by atomic mass is 35.5. The highest BCUT2D eigenvalue weighted by Gasteiger charge is 2.14. The van der Waals surface area contributed by atoms with E-state index >= 15 is 0 Å². The van der Waals surface area contributed by atoms with Crippen LogP contribution in [0.15, 0.2) is 71.7 Å². The molecule has 0 spiro atoms. The Morgan fingerprint density at radius 1 is 0.960 bits per heavy atom. The van der Waals surface area contributed by atoms with Crippen molar-refractivity contribution in [1.82, 2.24) is 4.98 Å². The van der Waals surface area contributed by atoms with Crippen LogP contribution in [0.2, 0.25) is 5.02 Å². The van der Waals surface area contributed by atoms with Gasteiger partial charge in [0, 0.05) is 27.7 Å². The van der Waals surface area contributed by atoms with E-state index in [0.717, 1.165) is 10.8 Å². The van der Waals surface area contributed by atoms with E-state index in [1.54, 1.807) is 18.2 Å². The van der Waals surface area contributed by atoms with Crippen LogP contribution in [0.3, 0.4) is 0 Å². The van der Waals surface area contributed by atoms with Crippen LogP contribution in [0.5, 0.6) is 0 Å². The predicted octanol–water partition coefficient (Wildman–Crippen LogP) is 4.59. The fourth-order valence-corrected chi connectivity index (χ4v) is 3.06. The monoisotopic (exact) mass is 348 g/mol. The van der Waals surface area contributed by atoms with E-state index in [2.05, 4.69) is 10.3 Å². The molecule has 0 bridgehead atoms. The first-order valence-corrected chi connectivity index (χ1v) is 8.11. The van der Waals surface area contributed by atoms with Gasteiger partial charge in [0.1, 0.15) is 5.56 Å². The summed E-state index contributed by atoms with van der Waals surface area (Å²) in [5.74, 6) is -0.450. The molecule has 25 heavy (non-hydrogen) atoms. The number of aromatic nitrogens is 1. The topological polar surface area (TPSA) is 62.0 Å². The Morgan fingerprint density at radius 2 is 1.76 bits per heavy atom. The normalized spacial score (nSPS) is 10.9. The molecular formula is C20H13ClN2O2. The Kier molecular flexibility index (Phi) is 3.75. The van der Waals surface area contributed by atoms with Crippen molar-refractivity contribution in [2.24, 2.45) is 0 Å². The number of carbonyl (C=O) groups excluding carboxylic acids is 1. The third-order valence-corrected chi connectivity index (χ3v) is 4.36. The quantitative estimate of drug-likeness (QED) is 0.556. The van der Waals surface area contributed by atoms with Gasteiger partial charge in [-0.25, -0.2) is 0 Å². The van der Waals surface area contributed by atoms with Crippen molar-refractivity contribution in [1.29, 1.82) is 0 Å². The van der Waals surface area contributed by atoms with Crippen molar-refractivity contribution in [3.63, 3.8) is 0 Å². The molecule has 1 amide bonds. The summed E-state index contributed by atoms with van der Waals surface area (Å²) in [5.41, 5.74) is 0.990. The number of H-pyrrole nitrogens is 1. The van der Waals surface area contributed by atoms with Crippen LogP contribution in [0.1, 0.15) is 10.4 Å². The Morgan fingerprint density at radius 3 is 2.64 bits per heavy atom. The minimum absolute atomic E-state index is 0.0581. The molecule has 0 unspecified atom stereocenters. The number of hydrogen-bond donors (Lipinski definition) is 2. The molecule has 0 radical (unpaired) electrons. The number of benzene rings is 3. The van der Waals surface area contributed by atoms with Gasteiger partial charge in [0.15, 0.2) is 0 Å². The van der Waals surface area contributed by atoms with Gasteiger partial charge in [-0.3, -0.25) is 9.59 Å². The zero-order chi connectivity index (χ0) is 17.4. The van der Waals surface area contributed by atoms with E-state index in [9.17, 15) is 9.59 Å². The summed E-state index contributed by atoms with van der Waals surface area (Å²) in [5, 5.41) is 5.72. The minimum Gasteiger partial charge on any atom is -0.360 e. The molecule has 1 heterocycles. The fourth-order valence-electron chi connectivity index (χ4n) is 2.89. The Hall–Kier alpha value is -3.11. The number of anilines is 1. The second-order valence-corrected chi connectivity index (χ2v) is 6.14. The lowest BCUT2D eigenvalue weighted by Gasteiger charge is -2.09. The Balaban J connectivity index is 1.76. The summed E-state index contributed by atoms with van der Waals surface area (Å²) in [6.07, 6.45) is 1.42. The van der Waals surface area contributed by atoms with E-state index in [1.165, 1.54) is 6.20 Å². The van der Waals surface area contributed by atoms with Crippen molar-refractivity contribution >= 4 is 44.9 Å². The second kappa shape index (κ2) is 6.07. The van der Waals surface area contributed by atoms with Crippen LogP contribution < -0.4 is 10.7 Å². The molecule has 2 N–H and O–H groups in total. The van der Waals surface area contributed by atoms with Crippen LogP contribution in [0.25, 0.3) is 21.7 Å². The molecule has 0 saturated heterocycles. The van der Waals surface area contributed by atoms with Gasteiger partial charge in [-0.2, -0.15) is 0 Å². The van der Waals surface area contributed by atoms with Gasteiger partial charge in [0.25, 0.3) is 5.91 Å². The lowest BCUT2D eigenvalue weighted by Crippen LogP contribution is -2.22. The van der Waals surface area contributed by atoms with E-state index < -0.39 is 5.91 Å². The largest absolute Gasteiger partial charge is 0.360 e. The van der Waals surface area contributed by atoms with Crippen LogP contribution in [-0.4, -0.2) is 10.9 Å². The molecule has 4 aromatic rings. The van der Waals surface area contributed by atoms with Gasteiger partial charge in [0.05, 0.1) is 5.52 Å². The summed E-state index contributed by atoms with van der Waals surface area (Å²) >= 11 is 5.93. The van der Waals surface area contributed by atoms with E-state index in [1.807, 2.05) is 42.5 Å². The summed E-state index contributed by atoms with van der Waals surface area (Å²) in [4.78, 5) is 28.2. The highest BCUT2D eigenvalue weighted by molar-refractivity contribution is 6.31. The number of carbonyl (C=O) groups is 1. The van der Waals surface area contributed by atoms with Crippen molar-refractivity contribution in [3.05, 3.63) is 87.7 Å². The van der Waals surface area contributed by atoms with E-state index in [0.29, 0.717) is 21.6 Å². The third kappa shape index (κ3) is 2.77. The second-order valence-electron chi connectivity index (χ2n) is 5.70. The number of pyridine rings is 1. The number of nitrogens with one attached hydrogen (secondary N) is 2. The SMILES string of the molecule is O=C(Nc1cccc2ccccc12)c1c[nH]c2cc(Cl)ccc2c1=O. The number of hydrogen-bond acceptors (Lipinski definition) is 2. The molecule has 5 heteroatoms. The number of rotatable bonds is 2. The van der Waals surface area contributed by atoms with Gasteiger partial charge in [-0.15, -0.1) is 0 Å².